The summed E-state index contributed by atoms with van der Waals surface area (Å²) < 4.78 is 15.4. The van der Waals surface area contributed by atoms with E-state index >= 15 is 0 Å². The highest BCUT2D eigenvalue weighted by Gasteiger charge is 2.18. The summed E-state index contributed by atoms with van der Waals surface area (Å²) in [6.45, 7) is 0.0803. The summed E-state index contributed by atoms with van der Waals surface area (Å²) >= 11 is 7.42. The fourth-order valence-electron chi connectivity index (χ4n) is 2.20. The first-order valence-corrected chi connectivity index (χ1v) is 9.44. The molecule has 0 aliphatic heterocycles. The molecule has 0 heterocycles. The Hall–Kier alpha value is -2.38. The van der Waals surface area contributed by atoms with Gasteiger partial charge >= 0.3 is 5.97 Å². The number of rotatable bonds is 9. The number of benzene rings is 2. The first kappa shape index (κ1) is 20.9. The Morgan fingerprint density at radius 1 is 1.07 bits per heavy atom. The molecule has 0 saturated heterocycles. The van der Waals surface area contributed by atoms with E-state index in [1.165, 1.54) is 14.2 Å². The van der Waals surface area contributed by atoms with E-state index in [1.54, 1.807) is 30.0 Å². The molecule has 0 fully saturated rings. The molecule has 0 spiro atoms. The number of carbonyl (C=O) groups is 2. The molecule has 0 aliphatic rings. The monoisotopic (exact) mass is 409 g/mol. The minimum Gasteiger partial charge on any atom is -0.493 e. The van der Waals surface area contributed by atoms with Gasteiger partial charge in [0.05, 0.1) is 14.2 Å². The predicted molar refractivity (Wildman–Crippen MR) is 105 cm³/mol. The maximum absolute atomic E-state index is 12.2. The molecule has 0 atom stereocenters. The minimum absolute atomic E-state index is 0.197. The van der Waals surface area contributed by atoms with Crippen LogP contribution in [0.5, 0.6) is 11.5 Å². The van der Waals surface area contributed by atoms with E-state index in [0.717, 1.165) is 4.90 Å². The summed E-state index contributed by atoms with van der Waals surface area (Å²) in [5.41, 5.74) is 0.197. The van der Waals surface area contributed by atoms with Crippen molar-refractivity contribution >= 4 is 35.2 Å². The molecule has 0 unspecified atom stereocenters. The van der Waals surface area contributed by atoms with E-state index in [9.17, 15) is 9.59 Å². The average Bonchev–Trinajstić information content (AvgIpc) is 2.69. The summed E-state index contributed by atoms with van der Waals surface area (Å²) in [4.78, 5) is 25.1. The molecule has 27 heavy (non-hydrogen) atoms. The number of amides is 1. The Morgan fingerprint density at radius 2 is 1.81 bits per heavy atom. The van der Waals surface area contributed by atoms with Gasteiger partial charge in [0.2, 0.25) is 0 Å². The molecular weight excluding hydrogens is 390 g/mol. The topological polar surface area (TPSA) is 73.9 Å². The van der Waals surface area contributed by atoms with E-state index in [4.69, 9.17) is 25.8 Å². The summed E-state index contributed by atoms with van der Waals surface area (Å²) in [6.07, 6.45) is 0. The van der Waals surface area contributed by atoms with Crippen LogP contribution in [0.1, 0.15) is 10.4 Å². The number of thioether (sulfide) groups is 1. The van der Waals surface area contributed by atoms with Gasteiger partial charge in [0.15, 0.2) is 18.1 Å². The van der Waals surface area contributed by atoms with Crippen LogP contribution in [-0.2, 0) is 9.53 Å². The Kier molecular flexibility index (Phi) is 8.29. The van der Waals surface area contributed by atoms with Crippen molar-refractivity contribution in [2.45, 2.75) is 4.90 Å². The number of nitrogens with one attached hydrogen (secondary N) is 1. The highest BCUT2D eigenvalue weighted by atomic mass is 35.5. The van der Waals surface area contributed by atoms with E-state index < -0.39 is 5.97 Å². The van der Waals surface area contributed by atoms with Gasteiger partial charge in [-0.2, -0.15) is 0 Å². The molecule has 0 bridgehead atoms. The zero-order valence-electron chi connectivity index (χ0n) is 15.0. The fourth-order valence-corrected chi connectivity index (χ4v) is 3.09. The van der Waals surface area contributed by atoms with Crippen LogP contribution in [0, 0.1) is 0 Å². The van der Waals surface area contributed by atoms with Gasteiger partial charge in [-0.05, 0) is 36.4 Å². The highest BCUT2D eigenvalue weighted by molar-refractivity contribution is 7.99. The largest absolute Gasteiger partial charge is 0.493 e. The number of ether oxygens (including phenoxy) is 3. The SMILES string of the molecule is COc1cccc(C(=O)OCC(=O)NCCSc2ccc(Cl)cc2)c1OC. The lowest BCUT2D eigenvalue weighted by Crippen LogP contribution is -2.30. The molecule has 2 aromatic carbocycles. The molecule has 0 saturated carbocycles. The van der Waals surface area contributed by atoms with E-state index in [2.05, 4.69) is 5.32 Å². The summed E-state index contributed by atoms with van der Waals surface area (Å²) in [5.74, 6) is 0.337. The van der Waals surface area contributed by atoms with Crippen molar-refractivity contribution in [3.8, 4) is 11.5 Å². The molecule has 0 radical (unpaired) electrons. The van der Waals surface area contributed by atoms with Crippen molar-refractivity contribution in [1.29, 1.82) is 0 Å². The molecule has 0 aromatic heterocycles. The number of para-hydroxylation sites is 1. The number of esters is 1. The van der Waals surface area contributed by atoms with Crippen molar-refractivity contribution in [3.63, 3.8) is 0 Å². The molecule has 8 heteroatoms. The second-order valence-corrected chi connectivity index (χ2v) is 6.87. The van der Waals surface area contributed by atoms with Gasteiger partial charge in [0, 0.05) is 22.2 Å². The zero-order valence-corrected chi connectivity index (χ0v) is 16.6. The maximum Gasteiger partial charge on any atom is 0.342 e. The number of hydrogen-bond acceptors (Lipinski definition) is 6. The quantitative estimate of drug-likeness (QED) is 0.388. The van der Waals surface area contributed by atoms with Crippen molar-refractivity contribution in [2.75, 3.05) is 33.1 Å². The lowest BCUT2D eigenvalue weighted by molar-refractivity contribution is -0.124. The third-order valence-electron chi connectivity index (χ3n) is 3.46. The van der Waals surface area contributed by atoms with E-state index in [0.29, 0.717) is 23.1 Å². The van der Waals surface area contributed by atoms with Crippen molar-refractivity contribution in [2.24, 2.45) is 0 Å². The van der Waals surface area contributed by atoms with Gasteiger partial charge in [0.25, 0.3) is 5.91 Å². The number of hydrogen-bond donors (Lipinski definition) is 1. The van der Waals surface area contributed by atoms with Gasteiger partial charge in [0.1, 0.15) is 5.56 Å². The Bertz CT molecular complexity index is 782. The second kappa shape index (κ2) is 10.7. The second-order valence-electron chi connectivity index (χ2n) is 5.27. The van der Waals surface area contributed by atoms with E-state index in [1.807, 2.05) is 24.3 Å². The normalized spacial score (nSPS) is 10.2. The molecule has 1 N–H and O–H groups in total. The molecule has 1 amide bonds. The van der Waals surface area contributed by atoms with Crippen LogP contribution in [0.2, 0.25) is 5.02 Å². The number of methoxy groups -OCH3 is 2. The Balaban J connectivity index is 1.75. The first-order chi connectivity index (χ1) is 13.0. The number of carbonyl (C=O) groups excluding carboxylic acids is 2. The van der Waals surface area contributed by atoms with Gasteiger partial charge in [-0.25, -0.2) is 4.79 Å². The van der Waals surface area contributed by atoms with Gasteiger partial charge in [-0.15, -0.1) is 11.8 Å². The van der Waals surface area contributed by atoms with Crippen LogP contribution in [0.15, 0.2) is 47.4 Å². The van der Waals surface area contributed by atoms with Crippen molar-refractivity contribution < 1.29 is 23.8 Å². The summed E-state index contributed by atoms with van der Waals surface area (Å²) in [6, 6.07) is 12.3. The van der Waals surface area contributed by atoms with Crippen LogP contribution in [-0.4, -0.2) is 45.0 Å². The molecule has 2 rings (SSSR count). The first-order valence-electron chi connectivity index (χ1n) is 8.08. The number of halogens is 1. The van der Waals surface area contributed by atoms with Crippen LogP contribution in [0.25, 0.3) is 0 Å². The maximum atomic E-state index is 12.2. The van der Waals surface area contributed by atoms with Crippen molar-refractivity contribution in [3.05, 3.63) is 53.1 Å². The summed E-state index contributed by atoms with van der Waals surface area (Å²) in [7, 11) is 2.90. The molecule has 0 aliphatic carbocycles. The van der Waals surface area contributed by atoms with Gasteiger partial charge < -0.3 is 19.5 Å². The third-order valence-corrected chi connectivity index (χ3v) is 4.73. The third kappa shape index (κ3) is 6.37. The standard InChI is InChI=1S/C19H20ClNO5S/c1-24-16-5-3-4-15(18(16)25-2)19(23)26-12-17(22)21-10-11-27-14-8-6-13(20)7-9-14/h3-9H,10-12H2,1-2H3,(H,21,22). The predicted octanol–water partition coefficient (Wildman–Crippen LogP) is 3.42. The highest BCUT2D eigenvalue weighted by Crippen LogP contribution is 2.31. The Labute approximate surface area is 167 Å². The van der Waals surface area contributed by atoms with Gasteiger partial charge in [-0.3, -0.25) is 4.79 Å². The van der Waals surface area contributed by atoms with Crippen LogP contribution in [0.4, 0.5) is 0 Å². The molecule has 144 valence electrons. The van der Waals surface area contributed by atoms with Gasteiger partial charge in [-0.1, -0.05) is 17.7 Å². The average molecular weight is 410 g/mol. The smallest absolute Gasteiger partial charge is 0.342 e. The lowest BCUT2D eigenvalue weighted by atomic mass is 10.2. The lowest BCUT2D eigenvalue weighted by Gasteiger charge is -2.12. The van der Waals surface area contributed by atoms with Crippen LogP contribution >= 0.6 is 23.4 Å². The summed E-state index contributed by atoms with van der Waals surface area (Å²) in [5, 5.41) is 3.39. The fraction of sp³-hybridized carbons (Fsp3) is 0.263. The molecule has 2 aromatic rings. The van der Waals surface area contributed by atoms with E-state index in [-0.39, 0.29) is 23.8 Å². The minimum atomic E-state index is -0.656. The zero-order chi connectivity index (χ0) is 19.6. The Morgan fingerprint density at radius 3 is 2.48 bits per heavy atom. The van der Waals surface area contributed by atoms with Crippen LogP contribution < -0.4 is 14.8 Å². The van der Waals surface area contributed by atoms with Crippen LogP contribution in [0.3, 0.4) is 0 Å². The molecular formula is C19H20ClNO5S. The molecule has 6 nitrogen and oxygen atoms in total. The van der Waals surface area contributed by atoms with Crippen molar-refractivity contribution in [1.82, 2.24) is 5.32 Å².